The first-order valence-electron chi connectivity index (χ1n) is 6.50. The number of rotatable bonds is 4. The maximum atomic E-state index is 12.5. The molecular weight excluding hydrogens is 256 g/mol. The summed E-state index contributed by atoms with van der Waals surface area (Å²) in [4.78, 5) is 13.6. The van der Waals surface area contributed by atoms with Crippen LogP contribution in [-0.2, 0) is 6.54 Å². The highest BCUT2D eigenvalue weighted by molar-refractivity contribution is 7.10. The van der Waals surface area contributed by atoms with E-state index in [1.807, 2.05) is 41.1 Å². The van der Waals surface area contributed by atoms with E-state index in [4.69, 9.17) is 5.73 Å². The van der Waals surface area contributed by atoms with Gasteiger partial charge in [-0.25, -0.2) is 0 Å². The van der Waals surface area contributed by atoms with E-state index in [0.29, 0.717) is 11.5 Å². The van der Waals surface area contributed by atoms with Gasteiger partial charge in [-0.15, -0.1) is 11.3 Å². The van der Waals surface area contributed by atoms with Gasteiger partial charge in [0.15, 0.2) is 0 Å². The number of thiophene rings is 1. The van der Waals surface area contributed by atoms with Gasteiger partial charge in [0, 0.05) is 22.7 Å². The van der Waals surface area contributed by atoms with Crippen LogP contribution in [0, 0.1) is 12.8 Å². The predicted molar refractivity (Wildman–Crippen MR) is 80.6 cm³/mol. The molecule has 2 heterocycles. The molecule has 19 heavy (non-hydrogen) atoms. The van der Waals surface area contributed by atoms with Gasteiger partial charge in [0.05, 0.1) is 6.04 Å². The highest BCUT2D eigenvalue weighted by atomic mass is 32.1. The standard InChI is InChI=1S/C15H20N2OS/c1-10(2)9-17-11(3)6-7-12(15(17)18)14(16)13-5-4-8-19-13/h4-8,10,14H,9,16H2,1-3H3. The summed E-state index contributed by atoms with van der Waals surface area (Å²) in [5.41, 5.74) is 7.91. The van der Waals surface area contributed by atoms with E-state index in [1.54, 1.807) is 11.3 Å². The first-order chi connectivity index (χ1) is 9.00. The Balaban J connectivity index is 2.45. The third kappa shape index (κ3) is 2.96. The lowest BCUT2D eigenvalue weighted by atomic mass is 10.1. The maximum Gasteiger partial charge on any atom is 0.255 e. The van der Waals surface area contributed by atoms with Crippen molar-refractivity contribution in [2.24, 2.45) is 11.7 Å². The van der Waals surface area contributed by atoms with Crippen molar-refractivity contribution in [1.82, 2.24) is 4.57 Å². The molecule has 2 aromatic rings. The van der Waals surface area contributed by atoms with Crippen LogP contribution in [0.15, 0.2) is 34.4 Å². The van der Waals surface area contributed by atoms with Crippen LogP contribution in [0.25, 0.3) is 0 Å². The van der Waals surface area contributed by atoms with Crippen molar-refractivity contribution in [2.75, 3.05) is 0 Å². The molecule has 2 aromatic heterocycles. The summed E-state index contributed by atoms with van der Waals surface area (Å²) in [6.45, 7) is 6.91. The van der Waals surface area contributed by atoms with Gasteiger partial charge >= 0.3 is 0 Å². The molecule has 0 bridgehead atoms. The monoisotopic (exact) mass is 276 g/mol. The van der Waals surface area contributed by atoms with Crippen LogP contribution in [0.1, 0.15) is 36.0 Å². The molecule has 0 aliphatic heterocycles. The summed E-state index contributed by atoms with van der Waals surface area (Å²) in [5, 5.41) is 1.98. The van der Waals surface area contributed by atoms with Crippen LogP contribution in [0.4, 0.5) is 0 Å². The van der Waals surface area contributed by atoms with Crippen molar-refractivity contribution in [2.45, 2.75) is 33.4 Å². The van der Waals surface area contributed by atoms with Gasteiger partial charge in [0.2, 0.25) is 0 Å². The molecule has 0 aliphatic rings. The molecule has 0 aliphatic carbocycles. The fourth-order valence-electron chi connectivity index (χ4n) is 2.14. The topological polar surface area (TPSA) is 48.0 Å². The summed E-state index contributed by atoms with van der Waals surface area (Å²) in [5.74, 6) is 0.435. The van der Waals surface area contributed by atoms with Crippen molar-refractivity contribution in [3.8, 4) is 0 Å². The second-order valence-electron chi connectivity index (χ2n) is 5.23. The number of pyridine rings is 1. The van der Waals surface area contributed by atoms with Crippen molar-refractivity contribution >= 4 is 11.3 Å². The first-order valence-corrected chi connectivity index (χ1v) is 7.38. The van der Waals surface area contributed by atoms with Crippen molar-refractivity contribution < 1.29 is 0 Å². The van der Waals surface area contributed by atoms with Crippen LogP contribution in [0.2, 0.25) is 0 Å². The van der Waals surface area contributed by atoms with Crippen molar-refractivity contribution in [3.05, 3.63) is 56.1 Å². The van der Waals surface area contributed by atoms with Crippen LogP contribution in [0.5, 0.6) is 0 Å². The minimum Gasteiger partial charge on any atom is -0.319 e. The Kier molecular flexibility index (Phi) is 4.22. The molecule has 0 radical (unpaired) electrons. The van der Waals surface area contributed by atoms with Gasteiger partial charge in [0.1, 0.15) is 0 Å². The molecule has 4 heteroatoms. The molecule has 0 aromatic carbocycles. The largest absolute Gasteiger partial charge is 0.319 e. The van der Waals surface area contributed by atoms with Crippen LogP contribution in [0.3, 0.4) is 0 Å². The molecule has 102 valence electrons. The average Bonchev–Trinajstić information content (AvgIpc) is 2.87. The molecule has 0 fully saturated rings. The normalized spacial score (nSPS) is 12.9. The number of aromatic nitrogens is 1. The van der Waals surface area contributed by atoms with Crippen molar-refractivity contribution in [1.29, 1.82) is 0 Å². The molecule has 2 rings (SSSR count). The van der Waals surface area contributed by atoms with Gasteiger partial charge in [-0.05, 0) is 36.4 Å². The van der Waals surface area contributed by atoms with Gasteiger partial charge in [-0.3, -0.25) is 4.79 Å². The lowest BCUT2D eigenvalue weighted by Crippen LogP contribution is -2.30. The Morgan fingerprint density at radius 3 is 2.63 bits per heavy atom. The third-order valence-corrected chi connectivity index (χ3v) is 4.11. The second-order valence-corrected chi connectivity index (χ2v) is 6.21. The van der Waals surface area contributed by atoms with Crippen LogP contribution >= 0.6 is 11.3 Å². The van der Waals surface area contributed by atoms with Crippen LogP contribution < -0.4 is 11.3 Å². The highest BCUT2D eigenvalue weighted by Gasteiger charge is 2.16. The lowest BCUT2D eigenvalue weighted by molar-refractivity contribution is 0.498. The Morgan fingerprint density at radius 2 is 2.05 bits per heavy atom. The summed E-state index contributed by atoms with van der Waals surface area (Å²) in [7, 11) is 0. The molecule has 0 spiro atoms. The van der Waals surface area contributed by atoms with E-state index in [-0.39, 0.29) is 11.6 Å². The van der Waals surface area contributed by atoms with Gasteiger partial charge in [-0.2, -0.15) is 0 Å². The minimum atomic E-state index is -0.327. The number of aryl methyl sites for hydroxylation is 1. The SMILES string of the molecule is Cc1ccc(C(N)c2cccs2)c(=O)n1CC(C)C. The van der Waals surface area contributed by atoms with E-state index < -0.39 is 0 Å². The van der Waals surface area contributed by atoms with E-state index in [1.165, 1.54) is 0 Å². The number of nitrogens with zero attached hydrogens (tertiary/aromatic N) is 1. The quantitative estimate of drug-likeness (QED) is 0.933. The van der Waals surface area contributed by atoms with Gasteiger partial charge in [0.25, 0.3) is 5.56 Å². The maximum absolute atomic E-state index is 12.5. The van der Waals surface area contributed by atoms with E-state index in [0.717, 1.165) is 17.1 Å². The van der Waals surface area contributed by atoms with Gasteiger partial charge in [-0.1, -0.05) is 19.9 Å². The van der Waals surface area contributed by atoms with E-state index >= 15 is 0 Å². The first kappa shape index (κ1) is 14.0. The number of hydrogen-bond donors (Lipinski definition) is 1. The van der Waals surface area contributed by atoms with Crippen molar-refractivity contribution in [3.63, 3.8) is 0 Å². The van der Waals surface area contributed by atoms with E-state index in [2.05, 4.69) is 13.8 Å². The lowest BCUT2D eigenvalue weighted by Gasteiger charge is -2.16. The molecular formula is C15H20N2OS. The fraction of sp³-hybridized carbons (Fsp3) is 0.400. The Labute approximate surface area is 117 Å². The summed E-state index contributed by atoms with van der Waals surface area (Å²) >= 11 is 1.59. The smallest absolute Gasteiger partial charge is 0.255 e. The zero-order valence-electron chi connectivity index (χ0n) is 11.6. The summed E-state index contributed by atoms with van der Waals surface area (Å²) in [6.07, 6.45) is 0. The molecule has 0 amide bonds. The second kappa shape index (κ2) is 5.72. The molecule has 0 saturated carbocycles. The van der Waals surface area contributed by atoms with E-state index in [9.17, 15) is 4.79 Å². The molecule has 3 nitrogen and oxygen atoms in total. The molecule has 0 saturated heterocycles. The fourth-order valence-corrected chi connectivity index (χ4v) is 2.88. The zero-order valence-corrected chi connectivity index (χ0v) is 12.4. The minimum absolute atomic E-state index is 0.0367. The predicted octanol–water partition coefficient (Wildman–Crippen LogP) is 2.92. The third-order valence-electron chi connectivity index (χ3n) is 3.15. The zero-order chi connectivity index (χ0) is 14.0. The van der Waals surface area contributed by atoms with Crippen LogP contribution in [-0.4, -0.2) is 4.57 Å². The Morgan fingerprint density at radius 1 is 1.32 bits per heavy atom. The Hall–Kier alpha value is -1.39. The molecule has 2 N–H and O–H groups in total. The summed E-state index contributed by atoms with van der Waals surface area (Å²) < 4.78 is 1.83. The summed E-state index contributed by atoms with van der Waals surface area (Å²) in [6, 6.07) is 7.44. The molecule has 1 unspecified atom stereocenters. The van der Waals surface area contributed by atoms with Gasteiger partial charge < -0.3 is 10.3 Å². The molecule has 1 atom stereocenters. The Bertz CT molecular complexity index is 599. The number of nitrogens with two attached hydrogens (primary N) is 1. The average molecular weight is 276 g/mol. The number of hydrogen-bond acceptors (Lipinski definition) is 3. The highest BCUT2D eigenvalue weighted by Crippen LogP contribution is 2.21.